The van der Waals surface area contributed by atoms with Crippen molar-refractivity contribution in [3.05, 3.63) is 51.7 Å². The Morgan fingerprint density at radius 1 is 1.05 bits per heavy atom. The van der Waals surface area contributed by atoms with E-state index < -0.39 is 0 Å². The van der Waals surface area contributed by atoms with E-state index in [0.29, 0.717) is 0 Å². The maximum Gasteiger partial charge on any atom is 0.160 e. The number of unbranched alkanes of at least 4 members (excludes halogenated alkanes) is 1. The average molecular weight is 285 g/mol. The first-order chi connectivity index (χ1) is 9.81. The number of benzene rings is 1. The van der Waals surface area contributed by atoms with Crippen LogP contribution in [0.1, 0.15) is 39.9 Å². The zero-order valence-electron chi connectivity index (χ0n) is 11.6. The van der Waals surface area contributed by atoms with Crippen LogP contribution in [0, 0.1) is 0 Å². The Bertz CT molecular complexity index is 569. The number of hydrogen-bond donors (Lipinski definition) is 1. The summed E-state index contributed by atoms with van der Waals surface area (Å²) in [4.78, 5) is 12.5. The summed E-state index contributed by atoms with van der Waals surface area (Å²) >= 11 is 1.50. The van der Waals surface area contributed by atoms with Crippen molar-refractivity contribution in [2.24, 2.45) is 0 Å². The Balaban J connectivity index is 1.94. The third kappa shape index (κ3) is 4.35. The Morgan fingerprint density at radius 3 is 2.45 bits per heavy atom. The first-order valence-electron chi connectivity index (χ1n) is 6.89. The van der Waals surface area contributed by atoms with Gasteiger partial charge in [-0.1, -0.05) is 31.6 Å². The second kappa shape index (κ2) is 7.65. The molecule has 1 aromatic heterocycles. The van der Waals surface area contributed by atoms with E-state index in [1.807, 2.05) is 18.2 Å². The fourth-order valence-corrected chi connectivity index (χ4v) is 2.55. The monoisotopic (exact) mass is 285 g/mol. The predicted octanol–water partition coefficient (Wildman–Crippen LogP) is 4.94. The van der Waals surface area contributed by atoms with Crippen LogP contribution in [-0.4, -0.2) is 12.8 Å². The van der Waals surface area contributed by atoms with Crippen molar-refractivity contribution >= 4 is 35.5 Å². The van der Waals surface area contributed by atoms with E-state index in [4.69, 9.17) is 0 Å². The molecule has 1 aromatic carbocycles. The minimum atomic E-state index is 0.764. The van der Waals surface area contributed by atoms with Crippen molar-refractivity contribution < 1.29 is 4.79 Å². The van der Waals surface area contributed by atoms with Gasteiger partial charge in [0.2, 0.25) is 0 Å². The van der Waals surface area contributed by atoms with Crippen molar-refractivity contribution in [1.82, 2.24) is 0 Å². The standard InChI is InChI=1S/C17H19NOS/c1-2-3-12-18-15-7-4-14(5-8-15)6-9-16-10-11-17(13-19)20-16/h4-11,13,18H,2-3,12H2,1H3/b9-6+. The number of hydrogen-bond acceptors (Lipinski definition) is 3. The molecule has 0 spiro atoms. The van der Waals surface area contributed by atoms with Crippen molar-refractivity contribution in [2.75, 3.05) is 11.9 Å². The van der Waals surface area contributed by atoms with Gasteiger partial charge in [0, 0.05) is 17.1 Å². The second-order valence-corrected chi connectivity index (χ2v) is 5.74. The molecule has 1 N–H and O–H groups in total. The summed E-state index contributed by atoms with van der Waals surface area (Å²) in [5, 5.41) is 3.40. The quantitative estimate of drug-likeness (QED) is 0.576. The van der Waals surface area contributed by atoms with Crippen LogP contribution in [0.5, 0.6) is 0 Å². The summed E-state index contributed by atoms with van der Waals surface area (Å²) in [6.45, 7) is 3.21. The van der Waals surface area contributed by atoms with Crippen LogP contribution in [0.2, 0.25) is 0 Å². The van der Waals surface area contributed by atoms with Crippen molar-refractivity contribution in [2.45, 2.75) is 19.8 Å². The molecule has 0 saturated carbocycles. The summed E-state index contributed by atoms with van der Waals surface area (Å²) < 4.78 is 0. The van der Waals surface area contributed by atoms with Crippen molar-refractivity contribution in [1.29, 1.82) is 0 Å². The van der Waals surface area contributed by atoms with E-state index in [9.17, 15) is 4.79 Å². The highest BCUT2D eigenvalue weighted by Crippen LogP contribution is 2.18. The lowest BCUT2D eigenvalue weighted by Gasteiger charge is -2.05. The third-order valence-electron chi connectivity index (χ3n) is 2.97. The van der Waals surface area contributed by atoms with E-state index in [1.165, 1.54) is 24.2 Å². The fourth-order valence-electron chi connectivity index (χ4n) is 1.82. The van der Waals surface area contributed by atoms with Crippen LogP contribution < -0.4 is 5.32 Å². The molecule has 20 heavy (non-hydrogen) atoms. The van der Waals surface area contributed by atoms with Crippen LogP contribution in [-0.2, 0) is 0 Å². The second-order valence-electron chi connectivity index (χ2n) is 4.59. The van der Waals surface area contributed by atoms with Gasteiger partial charge in [0.05, 0.1) is 4.88 Å². The number of thiophene rings is 1. The summed E-state index contributed by atoms with van der Waals surface area (Å²) in [6, 6.07) is 12.2. The van der Waals surface area contributed by atoms with Crippen LogP contribution in [0.4, 0.5) is 5.69 Å². The van der Waals surface area contributed by atoms with Gasteiger partial charge in [0.15, 0.2) is 6.29 Å². The highest BCUT2D eigenvalue weighted by Gasteiger charge is 1.95. The lowest BCUT2D eigenvalue weighted by molar-refractivity contribution is 0.112. The SMILES string of the molecule is CCCCNc1ccc(/C=C/c2ccc(C=O)s2)cc1. The van der Waals surface area contributed by atoms with Crippen molar-refractivity contribution in [3.8, 4) is 0 Å². The van der Waals surface area contributed by atoms with Crippen LogP contribution in [0.25, 0.3) is 12.2 Å². The first kappa shape index (κ1) is 14.5. The molecule has 3 heteroatoms. The molecule has 1 heterocycles. The van der Waals surface area contributed by atoms with Gasteiger partial charge in [0.25, 0.3) is 0 Å². The number of rotatable bonds is 7. The fraction of sp³-hybridized carbons (Fsp3) is 0.235. The number of carbonyl (C=O) groups is 1. The molecule has 0 unspecified atom stereocenters. The van der Waals surface area contributed by atoms with E-state index in [-0.39, 0.29) is 0 Å². The summed E-state index contributed by atoms with van der Waals surface area (Å²) in [6.07, 6.45) is 7.39. The van der Waals surface area contributed by atoms with Gasteiger partial charge in [-0.2, -0.15) is 0 Å². The lowest BCUT2D eigenvalue weighted by Crippen LogP contribution is -2.00. The molecule has 0 aliphatic carbocycles. The first-order valence-corrected chi connectivity index (χ1v) is 7.70. The topological polar surface area (TPSA) is 29.1 Å². The molecule has 2 nitrogen and oxygen atoms in total. The predicted molar refractivity (Wildman–Crippen MR) is 88.5 cm³/mol. The zero-order valence-corrected chi connectivity index (χ0v) is 12.5. The van der Waals surface area contributed by atoms with Gasteiger partial charge in [-0.15, -0.1) is 11.3 Å². The third-order valence-corrected chi connectivity index (χ3v) is 3.95. The lowest BCUT2D eigenvalue weighted by atomic mass is 10.2. The average Bonchev–Trinajstić information content (AvgIpc) is 2.95. The smallest absolute Gasteiger partial charge is 0.160 e. The summed E-state index contributed by atoms with van der Waals surface area (Å²) in [5.74, 6) is 0. The number of nitrogens with one attached hydrogen (secondary N) is 1. The number of aldehydes is 1. The Hall–Kier alpha value is -1.87. The maximum atomic E-state index is 10.6. The summed E-state index contributed by atoms with van der Waals surface area (Å²) in [5.41, 5.74) is 2.32. The van der Waals surface area contributed by atoms with Crippen LogP contribution in [0.15, 0.2) is 36.4 Å². The van der Waals surface area contributed by atoms with E-state index >= 15 is 0 Å². The van der Waals surface area contributed by atoms with E-state index in [2.05, 4.69) is 42.6 Å². The van der Waals surface area contributed by atoms with Gasteiger partial charge in [-0.05, 0) is 42.3 Å². The molecule has 0 radical (unpaired) electrons. The molecule has 104 valence electrons. The van der Waals surface area contributed by atoms with Crippen molar-refractivity contribution in [3.63, 3.8) is 0 Å². The molecular weight excluding hydrogens is 266 g/mol. The largest absolute Gasteiger partial charge is 0.385 e. The minimum absolute atomic E-state index is 0.764. The Kier molecular flexibility index (Phi) is 5.56. The maximum absolute atomic E-state index is 10.6. The molecule has 0 fully saturated rings. The molecule has 0 bridgehead atoms. The molecule has 0 atom stereocenters. The Labute approximate surface area is 124 Å². The molecular formula is C17H19NOS. The number of carbonyl (C=O) groups excluding carboxylic acids is 1. The minimum Gasteiger partial charge on any atom is -0.385 e. The molecule has 2 aromatic rings. The normalized spacial score (nSPS) is 10.8. The zero-order chi connectivity index (χ0) is 14.2. The molecule has 0 saturated heterocycles. The van der Waals surface area contributed by atoms with Crippen LogP contribution in [0.3, 0.4) is 0 Å². The number of anilines is 1. The van der Waals surface area contributed by atoms with Gasteiger partial charge < -0.3 is 5.32 Å². The van der Waals surface area contributed by atoms with E-state index in [1.54, 1.807) is 0 Å². The molecule has 2 rings (SSSR count). The highest BCUT2D eigenvalue weighted by atomic mass is 32.1. The summed E-state index contributed by atoms with van der Waals surface area (Å²) in [7, 11) is 0. The van der Waals surface area contributed by atoms with Crippen LogP contribution >= 0.6 is 11.3 Å². The van der Waals surface area contributed by atoms with Gasteiger partial charge in [-0.3, -0.25) is 4.79 Å². The molecule has 0 aliphatic rings. The van der Waals surface area contributed by atoms with Gasteiger partial charge in [0.1, 0.15) is 0 Å². The molecule has 0 amide bonds. The van der Waals surface area contributed by atoms with Gasteiger partial charge in [-0.25, -0.2) is 0 Å². The van der Waals surface area contributed by atoms with Gasteiger partial charge >= 0.3 is 0 Å². The Morgan fingerprint density at radius 2 is 1.80 bits per heavy atom. The molecule has 0 aliphatic heterocycles. The van der Waals surface area contributed by atoms with E-state index in [0.717, 1.165) is 33.8 Å². The highest BCUT2D eigenvalue weighted by molar-refractivity contribution is 7.14.